The maximum atomic E-state index is 5.98. The first-order chi connectivity index (χ1) is 6.56. The van der Waals surface area contributed by atoms with Crippen LogP contribution in [0, 0.1) is 0 Å². The zero-order chi connectivity index (χ0) is 10.2. The molecule has 0 amide bonds. The van der Waals surface area contributed by atoms with Crippen molar-refractivity contribution in [3.63, 3.8) is 0 Å². The van der Waals surface area contributed by atoms with Gasteiger partial charge in [-0.1, -0.05) is 0 Å². The van der Waals surface area contributed by atoms with Crippen LogP contribution in [-0.2, 0) is 6.42 Å². The van der Waals surface area contributed by atoms with E-state index >= 15 is 0 Å². The number of aryl methyl sites for hydroxylation is 1. The fourth-order valence-electron chi connectivity index (χ4n) is 1.59. The molecule has 0 bridgehead atoms. The van der Waals surface area contributed by atoms with Gasteiger partial charge in [0.05, 0.1) is 11.2 Å². The summed E-state index contributed by atoms with van der Waals surface area (Å²) in [5.41, 5.74) is 9.27. The van der Waals surface area contributed by atoms with Gasteiger partial charge in [-0.2, -0.15) is 0 Å². The zero-order valence-corrected chi connectivity index (χ0v) is 9.73. The van der Waals surface area contributed by atoms with Crippen LogP contribution in [0.15, 0.2) is 5.51 Å². The van der Waals surface area contributed by atoms with Crippen molar-refractivity contribution >= 4 is 11.3 Å². The lowest BCUT2D eigenvalue weighted by atomic mass is 9.99. The normalized spacial score (nSPS) is 17.4. The van der Waals surface area contributed by atoms with Crippen LogP contribution in [0.1, 0.15) is 49.6 Å². The van der Waals surface area contributed by atoms with Gasteiger partial charge in [0.1, 0.15) is 0 Å². The average Bonchev–Trinajstić information content (AvgIpc) is 2.81. The quantitative estimate of drug-likeness (QED) is 0.830. The largest absolute Gasteiger partial charge is 0.326 e. The molecule has 0 atom stereocenters. The molecule has 0 radical (unpaired) electrons. The van der Waals surface area contributed by atoms with Crippen LogP contribution in [0.3, 0.4) is 0 Å². The van der Waals surface area contributed by atoms with Gasteiger partial charge < -0.3 is 5.73 Å². The molecule has 2 rings (SSSR count). The van der Waals surface area contributed by atoms with Gasteiger partial charge >= 0.3 is 0 Å². The van der Waals surface area contributed by atoms with E-state index in [1.807, 2.05) is 5.51 Å². The molecule has 78 valence electrons. The highest BCUT2D eigenvalue weighted by Gasteiger charge is 2.28. The van der Waals surface area contributed by atoms with Gasteiger partial charge in [-0.3, -0.25) is 0 Å². The summed E-state index contributed by atoms with van der Waals surface area (Å²) >= 11 is 1.79. The minimum Gasteiger partial charge on any atom is -0.326 e. The van der Waals surface area contributed by atoms with Crippen molar-refractivity contribution in [1.82, 2.24) is 4.98 Å². The van der Waals surface area contributed by atoms with Gasteiger partial charge in [0.15, 0.2) is 0 Å². The minimum atomic E-state index is -0.0508. The van der Waals surface area contributed by atoms with E-state index in [-0.39, 0.29) is 5.54 Å². The van der Waals surface area contributed by atoms with Crippen molar-refractivity contribution < 1.29 is 0 Å². The Hall–Kier alpha value is -0.410. The van der Waals surface area contributed by atoms with Crippen molar-refractivity contribution in [3.8, 4) is 0 Å². The predicted molar refractivity (Wildman–Crippen MR) is 60.7 cm³/mol. The Morgan fingerprint density at radius 3 is 2.86 bits per heavy atom. The molecule has 2 nitrogen and oxygen atoms in total. The van der Waals surface area contributed by atoms with E-state index in [9.17, 15) is 0 Å². The van der Waals surface area contributed by atoms with Crippen LogP contribution in [0.25, 0.3) is 0 Å². The molecule has 2 N–H and O–H groups in total. The predicted octanol–water partition coefficient (Wildman–Crippen LogP) is 2.69. The molecule has 14 heavy (non-hydrogen) atoms. The van der Waals surface area contributed by atoms with Crippen molar-refractivity contribution in [2.75, 3.05) is 0 Å². The maximum Gasteiger partial charge on any atom is 0.0797 e. The summed E-state index contributed by atoms with van der Waals surface area (Å²) in [4.78, 5) is 5.92. The molecule has 1 aromatic rings. The lowest BCUT2D eigenvalue weighted by Gasteiger charge is -2.17. The Kier molecular flexibility index (Phi) is 2.62. The molecule has 0 spiro atoms. The third-order valence-corrected chi connectivity index (χ3v) is 3.54. The zero-order valence-electron chi connectivity index (χ0n) is 8.92. The van der Waals surface area contributed by atoms with E-state index in [1.54, 1.807) is 11.3 Å². The number of hydrogen-bond donors (Lipinski definition) is 1. The molecule has 0 saturated heterocycles. The van der Waals surface area contributed by atoms with Crippen LogP contribution < -0.4 is 5.73 Å². The lowest BCUT2D eigenvalue weighted by Crippen LogP contribution is -2.32. The summed E-state index contributed by atoms with van der Waals surface area (Å²) in [6.07, 6.45) is 4.82. The Morgan fingerprint density at radius 2 is 2.29 bits per heavy atom. The van der Waals surface area contributed by atoms with Crippen molar-refractivity contribution in [1.29, 1.82) is 0 Å². The molecule has 3 heteroatoms. The van der Waals surface area contributed by atoms with Crippen molar-refractivity contribution in [2.24, 2.45) is 5.73 Å². The van der Waals surface area contributed by atoms with Crippen LogP contribution >= 0.6 is 11.3 Å². The molecule has 1 fully saturated rings. The van der Waals surface area contributed by atoms with Gasteiger partial charge in [-0.15, -0.1) is 11.3 Å². The average molecular weight is 210 g/mol. The summed E-state index contributed by atoms with van der Waals surface area (Å²) in [7, 11) is 0. The van der Waals surface area contributed by atoms with E-state index in [0.29, 0.717) is 0 Å². The van der Waals surface area contributed by atoms with Gasteiger partial charge in [-0.05, 0) is 39.5 Å². The van der Waals surface area contributed by atoms with Crippen LogP contribution in [0.5, 0.6) is 0 Å². The molecular weight excluding hydrogens is 192 g/mol. The van der Waals surface area contributed by atoms with E-state index in [0.717, 1.165) is 18.8 Å². The van der Waals surface area contributed by atoms with Crippen LogP contribution in [0.2, 0.25) is 0 Å². The van der Waals surface area contributed by atoms with Crippen molar-refractivity contribution in [2.45, 2.75) is 51.0 Å². The second kappa shape index (κ2) is 3.63. The maximum absolute atomic E-state index is 5.98. The van der Waals surface area contributed by atoms with Gasteiger partial charge in [0.25, 0.3) is 0 Å². The topological polar surface area (TPSA) is 38.9 Å². The summed E-state index contributed by atoms with van der Waals surface area (Å²) < 4.78 is 0. The Bertz CT molecular complexity index is 307. The number of aromatic nitrogens is 1. The summed E-state index contributed by atoms with van der Waals surface area (Å²) in [5.74, 6) is 0.775. The third kappa shape index (κ3) is 2.55. The first-order valence-electron chi connectivity index (χ1n) is 5.27. The Morgan fingerprint density at radius 1 is 1.57 bits per heavy atom. The van der Waals surface area contributed by atoms with E-state index < -0.39 is 0 Å². The number of thiazole rings is 1. The fourth-order valence-corrected chi connectivity index (χ4v) is 2.45. The molecule has 1 aliphatic carbocycles. The molecule has 0 aromatic carbocycles. The third-order valence-electron chi connectivity index (χ3n) is 2.63. The summed E-state index contributed by atoms with van der Waals surface area (Å²) in [5, 5.41) is 0. The smallest absolute Gasteiger partial charge is 0.0797 e. The molecule has 0 unspecified atom stereocenters. The summed E-state index contributed by atoms with van der Waals surface area (Å²) in [6, 6.07) is 0. The van der Waals surface area contributed by atoms with E-state index in [4.69, 9.17) is 5.73 Å². The van der Waals surface area contributed by atoms with Crippen LogP contribution in [-0.4, -0.2) is 10.5 Å². The molecule has 1 heterocycles. The highest BCUT2D eigenvalue weighted by molar-refractivity contribution is 7.09. The second-order valence-corrected chi connectivity index (χ2v) is 5.86. The monoisotopic (exact) mass is 210 g/mol. The van der Waals surface area contributed by atoms with E-state index in [1.165, 1.54) is 23.4 Å². The SMILES string of the molecule is CC(C)(N)CCc1scnc1C1CC1. The van der Waals surface area contributed by atoms with Gasteiger partial charge in [0.2, 0.25) is 0 Å². The molecule has 0 aliphatic heterocycles. The minimum absolute atomic E-state index is 0.0508. The standard InChI is InChI=1S/C11H18N2S/c1-11(2,12)6-5-9-10(8-3-4-8)13-7-14-9/h7-8H,3-6,12H2,1-2H3. The molecular formula is C11H18N2S. The Balaban J connectivity index is 1.98. The highest BCUT2D eigenvalue weighted by atomic mass is 32.1. The van der Waals surface area contributed by atoms with Crippen molar-refractivity contribution in [3.05, 3.63) is 16.1 Å². The fraction of sp³-hybridized carbons (Fsp3) is 0.727. The highest BCUT2D eigenvalue weighted by Crippen LogP contribution is 2.42. The first-order valence-corrected chi connectivity index (χ1v) is 6.15. The second-order valence-electron chi connectivity index (χ2n) is 4.92. The summed E-state index contributed by atoms with van der Waals surface area (Å²) in [6.45, 7) is 4.18. The van der Waals surface area contributed by atoms with E-state index in [2.05, 4.69) is 18.8 Å². The van der Waals surface area contributed by atoms with Gasteiger partial charge in [-0.25, -0.2) is 4.98 Å². The van der Waals surface area contributed by atoms with Gasteiger partial charge in [0, 0.05) is 16.3 Å². The number of nitrogens with two attached hydrogens (primary N) is 1. The lowest BCUT2D eigenvalue weighted by molar-refractivity contribution is 0.477. The van der Waals surface area contributed by atoms with Crippen LogP contribution in [0.4, 0.5) is 0 Å². The number of rotatable bonds is 4. The number of nitrogens with zero attached hydrogens (tertiary/aromatic N) is 1. The molecule has 1 aromatic heterocycles. The first kappa shape index (κ1) is 10.1. The molecule has 1 aliphatic rings. The number of hydrogen-bond acceptors (Lipinski definition) is 3. The molecule has 1 saturated carbocycles. The Labute approximate surface area is 89.5 Å².